The Hall–Kier alpha value is -2.40. The first-order valence-corrected chi connectivity index (χ1v) is 9.32. The average molecular weight is 351 g/mol. The lowest BCUT2D eigenvalue weighted by atomic mass is 9.72. The summed E-state index contributed by atoms with van der Waals surface area (Å²) in [5.41, 5.74) is 1.88. The number of β-lactam (4-membered cyclic amide) rings is 1. The van der Waals surface area contributed by atoms with Crippen LogP contribution in [0.4, 0.5) is 5.69 Å². The first-order chi connectivity index (χ1) is 12.6. The van der Waals surface area contributed by atoms with Crippen LogP contribution in [0.2, 0.25) is 0 Å². The van der Waals surface area contributed by atoms with Gasteiger partial charge < -0.3 is 14.4 Å². The van der Waals surface area contributed by atoms with Crippen LogP contribution in [0.25, 0.3) is 0 Å². The number of anilines is 1. The normalized spacial score (nSPS) is 23.3. The maximum Gasteiger partial charge on any atom is 0.250 e. The molecule has 5 heteroatoms. The van der Waals surface area contributed by atoms with E-state index in [-0.39, 0.29) is 16.9 Å². The van der Waals surface area contributed by atoms with Gasteiger partial charge in [0.15, 0.2) is 0 Å². The SMILES string of the molecule is Cn1cc(N2C[C@@]3(CCCN(CCc4ccccc4)C3)C2=O)ccc1=O. The van der Waals surface area contributed by atoms with Gasteiger partial charge in [0, 0.05) is 38.9 Å². The smallest absolute Gasteiger partial charge is 0.250 e. The summed E-state index contributed by atoms with van der Waals surface area (Å²) >= 11 is 0. The van der Waals surface area contributed by atoms with E-state index in [0.29, 0.717) is 0 Å². The van der Waals surface area contributed by atoms with Crippen molar-refractivity contribution in [2.45, 2.75) is 19.3 Å². The predicted molar refractivity (Wildman–Crippen MR) is 102 cm³/mol. The van der Waals surface area contributed by atoms with Gasteiger partial charge in [0.25, 0.3) is 0 Å². The highest BCUT2D eigenvalue weighted by Crippen LogP contribution is 2.42. The zero-order chi connectivity index (χ0) is 18.1. The number of aromatic nitrogens is 1. The lowest BCUT2D eigenvalue weighted by Crippen LogP contribution is -2.67. The minimum atomic E-state index is -0.232. The van der Waals surface area contributed by atoms with E-state index in [9.17, 15) is 9.59 Å². The molecular weight excluding hydrogens is 326 g/mol. The van der Waals surface area contributed by atoms with E-state index in [2.05, 4.69) is 29.2 Å². The summed E-state index contributed by atoms with van der Waals surface area (Å²) in [6.45, 7) is 3.67. The van der Waals surface area contributed by atoms with Gasteiger partial charge in [0.1, 0.15) is 0 Å². The number of carbonyl (C=O) groups is 1. The lowest BCUT2D eigenvalue weighted by molar-refractivity contribution is -0.139. The molecule has 0 saturated carbocycles. The molecule has 5 nitrogen and oxygen atoms in total. The van der Waals surface area contributed by atoms with E-state index < -0.39 is 0 Å². The number of hydrogen-bond donors (Lipinski definition) is 0. The molecule has 3 heterocycles. The molecular formula is C21H25N3O2. The van der Waals surface area contributed by atoms with Crippen LogP contribution in [0, 0.1) is 5.41 Å². The highest BCUT2D eigenvalue weighted by molar-refractivity contribution is 6.04. The molecule has 26 heavy (non-hydrogen) atoms. The molecule has 1 atom stereocenters. The lowest BCUT2D eigenvalue weighted by Gasteiger charge is -2.53. The number of amides is 1. The molecule has 2 aliphatic heterocycles. The van der Waals surface area contributed by atoms with E-state index in [1.165, 1.54) is 16.2 Å². The Labute approximate surface area is 153 Å². The number of nitrogens with zero attached hydrogens (tertiary/aromatic N) is 3. The van der Waals surface area contributed by atoms with Crippen molar-refractivity contribution in [3.63, 3.8) is 0 Å². The molecule has 1 amide bonds. The molecule has 2 aromatic rings. The minimum Gasteiger partial charge on any atom is -0.317 e. The first-order valence-electron chi connectivity index (χ1n) is 9.32. The molecule has 2 aliphatic rings. The van der Waals surface area contributed by atoms with Gasteiger partial charge in [-0.15, -0.1) is 0 Å². The molecule has 136 valence electrons. The van der Waals surface area contributed by atoms with Crippen LogP contribution in [0.3, 0.4) is 0 Å². The number of pyridine rings is 1. The number of rotatable bonds is 4. The van der Waals surface area contributed by atoms with Crippen LogP contribution < -0.4 is 10.5 Å². The second-order valence-corrected chi connectivity index (χ2v) is 7.62. The number of likely N-dealkylation sites (tertiary alicyclic amines) is 1. The second-order valence-electron chi connectivity index (χ2n) is 7.62. The quantitative estimate of drug-likeness (QED) is 0.792. The topological polar surface area (TPSA) is 45.5 Å². The van der Waals surface area contributed by atoms with E-state index in [1.54, 1.807) is 19.3 Å². The second kappa shape index (κ2) is 6.72. The molecule has 1 aromatic heterocycles. The van der Waals surface area contributed by atoms with Crippen molar-refractivity contribution >= 4 is 11.6 Å². The molecule has 1 spiro atoms. The van der Waals surface area contributed by atoms with Crippen molar-refractivity contribution in [2.24, 2.45) is 12.5 Å². The molecule has 0 radical (unpaired) electrons. The first kappa shape index (κ1) is 17.0. The van der Waals surface area contributed by atoms with Gasteiger partial charge in [0.05, 0.1) is 11.1 Å². The molecule has 2 saturated heterocycles. The summed E-state index contributed by atoms with van der Waals surface area (Å²) in [6, 6.07) is 13.8. The van der Waals surface area contributed by atoms with Gasteiger partial charge in [0.2, 0.25) is 11.5 Å². The fraction of sp³-hybridized carbons (Fsp3) is 0.429. The highest BCUT2D eigenvalue weighted by Gasteiger charge is 2.54. The monoisotopic (exact) mass is 351 g/mol. The van der Waals surface area contributed by atoms with Gasteiger partial charge in [-0.2, -0.15) is 0 Å². The summed E-state index contributed by atoms with van der Waals surface area (Å²) in [5, 5.41) is 0. The van der Waals surface area contributed by atoms with Gasteiger partial charge in [-0.25, -0.2) is 0 Å². The third-order valence-corrected chi connectivity index (χ3v) is 5.76. The van der Waals surface area contributed by atoms with E-state index in [0.717, 1.165) is 51.1 Å². The summed E-state index contributed by atoms with van der Waals surface area (Å²) in [7, 11) is 1.72. The summed E-state index contributed by atoms with van der Waals surface area (Å²) in [4.78, 5) is 28.8. The van der Waals surface area contributed by atoms with Gasteiger partial charge >= 0.3 is 0 Å². The fourth-order valence-corrected chi connectivity index (χ4v) is 4.24. The van der Waals surface area contributed by atoms with E-state index in [4.69, 9.17) is 0 Å². The number of aryl methyl sites for hydroxylation is 1. The summed E-state index contributed by atoms with van der Waals surface area (Å²) in [5.74, 6) is 0.209. The van der Waals surface area contributed by atoms with Crippen molar-refractivity contribution in [3.05, 3.63) is 64.6 Å². The summed E-state index contributed by atoms with van der Waals surface area (Å²) in [6.07, 6.45) is 4.82. The Morgan fingerprint density at radius 2 is 1.85 bits per heavy atom. The maximum absolute atomic E-state index is 13.0. The van der Waals surface area contributed by atoms with Crippen LogP contribution in [0.1, 0.15) is 18.4 Å². The van der Waals surface area contributed by atoms with Crippen molar-refractivity contribution in [3.8, 4) is 0 Å². The Bertz CT molecular complexity index is 861. The van der Waals surface area contributed by atoms with Gasteiger partial charge in [-0.1, -0.05) is 30.3 Å². The molecule has 1 aromatic carbocycles. The Morgan fingerprint density at radius 1 is 1.04 bits per heavy atom. The van der Waals surface area contributed by atoms with Gasteiger partial charge in [-0.3, -0.25) is 9.59 Å². The largest absolute Gasteiger partial charge is 0.317 e. The summed E-state index contributed by atoms with van der Waals surface area (Å²) < 4.78 is 1.53. The van der Waals surface area contributed by atoms with Crippen molar-refractivity contribution < 1.29 is 4.79 Å². The van der Waals surface area contributed by atoms with Crippen LogP contribution in [-0.2, 0) is 18.3 Å². The van der Waals surface area contributed by atoms with Gasteiger partial charge in [-0.05, 0) is 37.4 Å². The third-order valence-electron chi connectivity index (χ3n) is 5.76. The zero-order valence-corrected chi connectivity index (χ0v) is 15.2. The standard InChI is InChI=1S/C21H25N3O2/c1-22-14-18(8-9-19(22)25)24-16-21(20(24)26)11-5-12-23(15-21)13-10-17-6-3-2-4-7-17/h2-4,6-9,14H,5,10-13,15-16H2,1H3/t21-/m0/s1. The van der Waals surface area contributed by atoms with Crippen LogP contribution >= 0.6 is 0 Å². The third kappa shape index (κ3) is 3.07. The van der Waals surface area contributed by atoms with Crippen LogP contribution in [0.15, 0.2) is 53.5 Å². The number of hydrogen-bond acceptors (Lipinski definition) is 3. The molecule has 0 unspecified atom stereocenters. The molecule has 0 bridgehead atoms. The van der Waals surface area contributed by atoms with Crippen molar-refractivity contribution in [1.82, 2.24) is 9.47 Å². The Balaban J connectivity index is 1.40. The fourth-order valence-electron chi connectivity index (χ4n) is 4.24. The Morgan fingerprint density at radius 3 is 2.58 bits per heavy atom. The number of carbonyl (C=O) groups excluding carboxylic acids is 1. The van der Waals surface area contributed by atoms with Crippen LogP contribution in [0.5, 0.6) is 0 Å². The van der Waals surface area contributed by atoms with Crippen LogP contribution in [-0.4, -0.2) is 41.6 Å². The number of benzene rings is 1. The number of piperidine rings is 1. The van der Waals surface area contributed by atoms with E-state index >= 15 is 0 Å². The Kier molecular flexibility index (Phi) is 4.41. The molecule has 0 aliphatic carbocycles. The van der Waals surface area contributed by atoms with E-state index in [1.807, 2.05) is 11.0 Å². The highest BCUT2D eigenvalue weighted by atomic mass is 16.2. The van der Waals surface area contributed by atoms with Crippen molar-refractivity contribution in [2.75, 3.05) is 31.1 Å². The molecule has 2 fully saturated rings. The molecule has 4 rings (SSSR count). The predicted octanol–water partition coefficient (Wildman–Crippen LogP) is 2.06. The maximum atomic E-state index is 13.0. The minimum absolute atomic E-state index is 0.0545. The average Bonchev–Trinajstić information content (AvgIpc) is 2.68. The zero-order valence-electron chi connectivity index (χ0n) is 15.2. The van der Waals surface area contributed by atoms with Crippen molar-refractivity contribution in [1.29, 1.82) is 0 Å². The molecule has 0 N–H and O–H groups in total.